The lowest BCUT2D eigenvalue weighted by atomic mass is 9.69. The Morgan fingerprint density at radius 3 is 1.15 bits per heavy atom. The summed E-state index contributed by atoms with van der Waals surface area (Å²) in [5, 5.41) is 8.21. The van der Waals surface area contributed by atoms with Crippen molar-refractivity contribution in [1.29, 1.82) is 0 Å². The molecule has 4 nitrogen and oxygen atoms in total. The molecule has 7 rings (SSSR count). The maximum Gasteiger partial charge on any atom is 0.169 e. The normalized spacial score (nSPS) is 24.4. The molecule has 1 saturated carbocycles. The quantitative estimate of drug-likeness (QED) is 0.276. The van der Waals surface area contributed by atoms with Crippen LogP contribution >= 0.6 is 12.2 Å². The van der Waals surface area contributed by atoms with Gasteiger partial charge in [-0.2, -0.15) is 0 Å². The maximum absolute atomic E-state index is 7.36. The van der Waals surface area contributed by atoms with Crippen LogP contribution in [0.4, 0.5) is 0 Å². The predicted octanol–water partition coefficient (Wildman–Crippen LogP) is 6.80. The Morgan fingerprint density at radius 2 is 0.825 bits per heavy atom. The lowest BCUT2D eigenvalue weighted by Crippen LogP contribution is -2.58. The van der Waals surface area contributed by atoms with Crippen LogP contribution in [0.5, 0.6) is 0 Å². The van der Waals surface area contributed by atoms with Gasteiger partial charge in [0.05, 0.1) is 0 Å². The molecule has 40 heavy (non-hydrogen) atoms. The van der Waals surface area contributed by atoms with Crippen LogP contribution in [-0.2, 0) is 20.6 Å². The summed E-state index contributed by atoms with van der Waals surface area (Å²) in [6.45, 7) is 0. The zero-order valence-electron chi connectivity index (χ0n) is 22.5. The highest BCUT2D eigenvalue weighted by Crippen LogP contribution is 2.54. The zero-order chi connectivity index (χ0) is 27.0. The lowest BCUT2D eigenvalue weighted by Gasteiger charge is -2.43. The number of fused-ring (bicyclic) bond motifs is 1. The van der Waals surface area contributed by atoms with Gasteiger partial charge in [-0.1, -0.05) is 128 Å². The molecule has 202 valence electrons. The van der Waals surface area contributed by atoms with Gasteiger partial charge < -0.3 is 20.1 Å². The van der Waals surface area contributed by atoms with E-state index in [1.807, 2.05) is 0 Å². The van der Waals surface area contributed by atoms with Crippen LogP contribution in [0.2, 0.25) is 0 Å². The Balaban J connectivity index is 1.54. The van der Waals surface area contributed by atoms with Crippen LogP contribution in [0.3, 0.4) is 0 Å². The molecule has 0 amide bonds. The third-order valence-electron chi connectivity index (χ3n) is 8.97. The Labute approximate surface area is 241 Å². The van der Waals surface area contributed by atoms with E-state index in [0.717, 1.165) is 47.9 Å². The highest BCUT2D eigenvalue weighted by atomic mass is 32.1. The average molecular weight is 547 g/mol. The van der Waals surface area contributed by atoms with Gasteiger partial charge in [0.2, 0.25) is 0 Å². The van der Waals surface area contributed by atoms with Gasteiger partial charge in [-0.3, -0.25) is 0 Å². The minimum Gasteiger partial charge on any atom is -0.347 e. The minimum absolute atomic E-state index is 0.399. The summed E-state index contributed by atoms with van der Waals surface area (Å²) in [7, 11) is 0. The molecule has 2 saturated heterocycles. The summed E-state index contributed by atoms with van der Waals surface area (Å²) < 4.78 is 14.7. The average Bonchev–Trinajstić information content (AvgIpc) is 3.35. The third kappa shape index (κ3) is 3.99. The van der Waals surface area contributed by atoms with Crippen molar-refractivity contribution in [3.05, 3.63) is 144 Å². The second kappa shape index (κ2) is 10.2. The number of thiocarbonyl (C=S) groups is 1. The number of hydrogen-bond acceptors (Lipinski definition) is 3. The van der Waals surface area contributed by atoms with Crippen molar-refractivity contribution in [3.63, 3.8) is 0 Å². The summed E-state index contributed by atoms with van der Waals surface area (Å²) in [5.74, 6) is -0.653. The first-order valence-electron chi connectivity index (χ1n) is 14.3. The van der Waals surface area contributed by atoms with Crippen molar-refractivity contribution in [2.24, 2.45) is 0 Å². The molecular weight excluding hydrogens is 512 g/mol. The molecule has 0 radical (unpaired) electrons. The maximum atomic E-state index is 7.36. The molecule has 1 aliphatic carbocycles. The molecule has 2 aliphatic heterocycles. The molecule has 4 aromatic rings. The molecule has 4 aromatic carbocycles. The van der Waals surface area contributed by atoms with Gasteiger partial charge in [0.25, 0.3) is 0 Å². The van der Waals surface area contributed by atoms with Crippen LogP contribution in [-0.4, -0.2) is 23.1 Å². The van der Waals surface area contributed by atoms with Gasteiger partial charge in [-0.15, -0.1) is 0 Å². The summed E-state index contributed by atoms with van der Waals surface area (Å²) in [4.78, 5) is 0. The summed E-state index contributed by atoms with van der Waals surface area (Å²) in [6.07, 6.45) is 4.34. The van der Waals surface area contributed by atoms with Crippen LogP contribution < -0.4 is 10.6 Å². The molecule has 0 aromatic heterocycles. The molecule has 2 N–H and O–H groups in total. The third-order valence-corrected chi connectivity index (χ3v) is 9.17. The molecule has 0 bridgehead atoms. The van der Waals surface area contributed by atoms with Gasteiger partial charge in [-0.25, -0.2) is 0 Å². The van der Waals surface area contributed by atoms with Crippen molar-refractivity contribution in [2.75, 3.05) is 0 Å². The van der Waals surface area contributed by atoms with Gasteiger partial charge >= 0.3 is 0 Å². The van der Waals surface area contributed by atoms with Crippen LogP contribution in [0, 0.1) is 0 Å². The van der Waals surface area contributed by atoms with Gasteiger partial charge in [-0.05, 0) is 47.3 Å². The molecule has 0 unspecified atom stereocenters. The minimum atomic E-state index is -0.788. The van der Waals surface area contributed by atoms with Crippen LogP contribution in [0.1, 0.15) is 54.4 Å². The van der Waals surface area contributed by atoms with E-state index in [2.05, 4.69) is 132 Å². The highest BCUT2D eigenvalue weighted by Gasteiger charge is 2.66. The molecule has 2 atom stereocenters. The number of ether oxygens (including phenoxy) is 2. The Hall–Kier alpha value is -3.51. The van der Waals surface area contributed by atoms with Gasteiger partial charge in [0, 0.05) is 12.8 Å². The summed E-state index contributed by atoms with van der Waals surface area (Å²) in [6, 6.07) is 42.3. The van der Waals surface area contributed by atoms with E-state index in [0.29, 0.717) is 5.11 Å². The topological polar surface area (TPSA) is 42.5 Å². The lowest BCUT2D eigenvalue weighted by molar-refractivity contribution is -0.202. The Bertz CT molecular complexity index is 1270. The van der Waals surface area contributed by atoms with Crippen molar-refractivity contribution < 1.29 is 9.47 Å². The van der Waals surface area contributed by atoms with E-state index >= 15 is 0 Å². The van der Waals surface area contributed by atoms with E-state index in [-0.39, 0.29) is 0 Å². The number of nitrogens with one attached hydrogen (secondary N) is 2. The molecule has 1 spiro atoms. The standard InChI is InChI=1S/C35H34N2O2S/c40-32-36-34(26-16-6-1-7-17-26,27-18-8-2-9-19-27)30-31(39-33(38-30)24-14-5-15-25-33)35(37-32,28-20-10-3-11-21-28)29-22-12-4-13-23-29/h1-4,6-13,16-23,30-31H,5,14-15,24-25H2,(H2,36,37,40)/t30-,31-/m1/s1. The van der Waals surface area contributed by atoms with E-state index in [1.54, 1.807) is 0 Å². The van der Waals surface area contributed by atoms with Crippen molar-refractivity contribution >= 4 is 17.3 Å². The van der Waals surface area contributed by atoms with Crippen molar-refractivity contribution in [1.82, 2.24) is 10.6 Å². The first-order chi connectivity index (χ1) is 19.7. The van der Waals surface area contributed by atoms with Crippen LogP contribution in [0.15, 0.2) is 121 Å². The molecule has 2 heterocycles. The number of benzene rings is 4. The second-order valence-corrected chi connectivity index (χ2v) is 11.6. The first kappa shape index (κ1) is 25.5. The molecule has 5 heteroatoms. The fourth-order valence-electron chi connectivity index (χ4n) is 7.19. The SMILES string of the molecule is S=C1NC(c2ccccc2)(c2ccccc2)[C@@H]2OC3(CCCCC3)O[C@H]2C(c2ccccc2)(c2ccccc2)N1. The largest absolute Gasteiger partial charge is 0.347 e. The van der Waals surface area contributed by atoms with Gasteiger partial charge in [0.1, 0.15) is 23.3 Å². The second-order valence-electron chi connectivity index (χ2n) is 11.2. The zero-order valence-corrected chi connectivity index (χ0v) is 23.3. The van der Waals surface area contributed by atoms with Crippen LogP contribution in [0.25, 0.3) is 0 Å². The van der Waals surface area contributed by atoms with E-state index in [9.17, 15) is 0 Å². The summed E-state index contributed by atoms with van der Waals surface area (Å²) >= 11 is 6.18. The van der Waals surface area contributed by atoms with Crippen molar-refractivity contribution in [2.45, 2.75) is 61.2 Å². The van der Waals surface area contributed by atoms with E-state index in [4.69, 9.17) is 21.7 Å². The predicted molar refractivity (Wildman–Crippen MR) is 162 cm³/mol. The Morgan fingerprint density at radius 1 is 0.500 bits per heavy atom. The smallest absolute Gasteiger partial charge is 0.169 e. The number of hydrogen-bond donors (Lipinski definition) is 2. The summed E-state index contributed by atoms with van der Waals surface area (Å²) in [5.41, 5.74) is 2.79. The molecule has 3 fully saturated rings. The van der Waals surface area contributed by atoms with Gasteiger partial charge in [0.15, 0.2) is 10.9 Å². The monoisotopic (exact) mass is 546 g/mol. The Kier molecular flexibility index (Phi) is 6.46. The van der Waals surface area contributed by atoms with E-state index < -0.39 is 29.1 Å². The molecule has 3 aliphatic rings. The first-order valence-corrected chi connectivity index (χ1v) is 14.8. The fourth-order valence-corrected chi connectivity index (χ4v) is 7.51. The van der Waals surface area contributed by atoms with E-state index in [1.165, 1.54) is 6.42 Å². The van der Waals surface area contributed by atoms with Crippen molar-refractivity contribution in [3.8, 4) is 0 Å². The fraction of sp³-hybridized carbons (Fsp3) is 0.286. The highest BCUT2D eigenvalue weighted by molar-refractivity contribution is 7.80. The molecular formula is C35H34N2O2S. The number of rotatable bonds is 4.